The van der Waals surface area contributed by atoms with Gasteiger partial charge in [0, 0.05) is 19.1 Å². The van der Waals surface area contributed by atoms with Gasteiger partial charge in [0.05, 0.1) is 6.04 Å². The second kappa shape index (κ2) is 4.00. The predicted molar refractivity (Wildman–Crippen MR) is 63.7 cm³/mol. The van der Waals surface area contributed by atoms with Crippen LogP contribution in [0, 0.1) is 11.3 Å². The Bertz CT molecular complexity index is 284. The van der Waals surface area contributed by atoms with Crippen LogP contribution in [0.5, 0.6) is 0 Å². The predicted octanol–water partition coefficient (Wildman–Crippen LogP) is 0.310. The molecule has 0 radical (unpaired) electrons. The molecule has 4 N–H and O–H groups in total. The summed E-state index contributed by atoms with van der Waals surface area (Å²) < 4.78 is 0. The van der Waals surface area contributed by atoms with Crippen molar-refractivity contribution in [2.75, 3.05) is 13.1 Å². The Morgan fingerprint density at radius 3 is 2.56 bits per heavy atom. The number of rotatable bonds is 2. The number of nitrogens with two attached hydrogens (primary N) is 2. The Balaban J connectivity index is 1.91. The van der Waals surface area contributed by atoms with Gasteiger partial charge in [-0.1, -0.05) is 13.8 Å². The van der Waals surface area contributed by atoms with Crippen LogP contribution >= 0.6 is 0 Å². The smallest absolute Gasteiger partial charge is 0.239 e. The van der Waals surface area contributed by atoms with E-state index in [2.05, 4.69) is 0 Å². The number of nitrogens with zero attached hydrogens (tertiary/aromatic N) is 1. The first-order valence-electron chi connectivity index (χ1n) is 6.23. The third-order valence-corrected chi connectivity index (χ3v) is 4.14. The zero-order valence-electron chi connectivity index (χ0n) is 10.3. The van der Waals surface area contributed by atoms with Crippen molar-refractivity contribution in [1.82, 2.24) is 4.90 Å². The monoisotopic (exact) mass is 225 g/mol. The van der Waals surface area contributed by atoms with Crippen molar-refractivity contribution in [2.24, 2.45) is 22.8 Å². The molecule has 1 aliphatic heterocycles. The molecule has 92 valence electrons. The molecule has 0 unspecified atom stereocenters. The van der Waals surface area contributed by atoms with E-state index in [1.165, 1.54) is 0 Å². The zero-order valence-corrected chi connectivity index (χ0v) is 10.3. The molecule has 1 saturated carbocycles. The normalized spacial score (nSPS) is 35.6. The van der Waals surface area contributed by atoms with E-state index in [0.717, 1.165) is 32.4 Å². The summed E-state index contributed by atoms with van der Waals surface area (Å²) >= 11 is 0. The minimum absolute atomic E-state index is 0.118. The SMILES string of the molecule is CC(C)[C@@H](N)C(=O)N1CCC2(CC(N)C2)C1. The lowest BCUT2D eigenvalue weighted by molar-refractivity contribution is -0.133. The maximum Gasteiger partial charge on any atom is 0.239 e. The van der Waals surface area contributed by atoms with E-state index in [-0.39, 0.29) is 17.9 Å². The number of hydrogen-bond acceptors (Lipinski definition) is 3. The second-order valence-corrected chi connectivity index (χ2v) is 5.95. The van der Waals surface area contributed by atoms with Crippen molar-refractivity contribution in [3.8, 4) is 0 Å². The number of amides is 1. The molecule has 1 aliphatic carbocycles. The van der Waals surface area contributed by atoms with Gasteiger partial charge < -0.3 is 16.4 Å². The van der Waals surface area contributed by atoms with Crippen LogP contribution in [0.2, 0.25) is 0 Å². The Hall–Kier alpha value is -0.610. The highest BCUT2D eigenvalue weighted by Gasteiger charge is 2.48. The first kappa shape index (κ1) is 11.9. The van der Waals surface area contributed by atoms with E-state index in [1.54, 1.807) is 0 Å². The van der Waals surface area contributed by atoms with Gasteiger partial charge in [0.1, 0.15) is 0 Å². The van der Waals surface area contributed by atoms with Crippen LogP contribution in [0.15, 0.2) is 0 Å². The third-order valence-electron chi connectivity index (χ3n) is 4.14. The number of carbonyl (C=O) groups excluding carboxylic acids is 1. The summed E-state index contributed by atoms with van der Waals surface area (Å²) in [6.07, 6.45) is 3.26. The van der Waals surface area contributed by atoms with Gasteiger partial charge in [-0.15, -0.1) is 0 Å². The molecule has 4 heteroatoms. The van der Waals surface area contributed by atoms with Crippen molar-refractivity contribution in [1.29, 1.82) is 0 Å². The van der Waals surface area contributed by atoms with E-state index in [1.807, 2.05) is 18.7 Å². The molecule has 2 aliphatic rings. The quantitative estimate of drug-likeness (QED) is 0.710. The number of likely N-dealkylation sites (tertiary alicyclic amines) is 1. The fourth-order valence-electron chi connectivity index (χ4n) is 3.01. The van der Waals surface area contributed by atoms with E-state index in [0.29, 0.717) is 11.5 Å². The lowest BCUT2D eigenvalue weighted by Gasteiger charge is -2.43. The van der Waals surface area contributed by atoms with E-state index >= 15 is 0 Å². The summed E-state index contributed by atoms with van der Waals surface area (Å²) in [4.78, 5) is 14.0. The molecule has 2 rings (SSSR count). The lowest BCUT2D eigenvalue weighted by Crippen LogP contribution is -2.50. The van der Waals surface area contributed by atoms with Gasteiger partial charge in [-0.25, -0.2) is 0 Å². The molecule has 0 bridgehead atoms. The molecule has 1 amide bonds. The average molecular weight is 225 g/mol. The molecule has 1 saturated heterocycles. The third kappa shape index (κ3) is 1.96. The Kier molecular flexibility index (Phi) is 2.97. The largest absolute Gasteiger partial charge is 0.341 e. The molecule has 1 heterocycles. The maximum absolute atomic E-state index is 12.1. The summed E-state index contributed by atoms with van der Waals surface area (Å²) in [7, 11) is 0. The first-order chi connectivity index (χ1) is 7.43. The molecule has 0 aromatic heterocycles. The molecule has 16 heavy (non-hydrogen) atoms. The highest BCUT2D eigenvalue weighted by molar-refractivity contribution is 5.82. The molecule has 4 nitrogen and oxygen atoms in total. The topological polar surface area (TPSA) is 72.4 Å². The van der Waals surface area contributed by atoms with Gasteiger partial charge in [0.25, 0.3) is 0 Å². The molecule has 1 atom stereocenters. The van der Waals surface area contributed by atoms with E-state index in [4.69, 9.17) is 11.5 Å². The fraction of sp³-hybridized carbons (Fsp3) is 0.917. The molecule has 0 aromatic rings. The van der Waals surface area contributed by atoms with Crippen LogP contribution in [0.1, 0.15) is 33.1 Å². The Morgan fingerprint density at radius 1 is 1.44 bits per heavy atom. The molecular weight excluding hydrogens is 202 g/mol. The summed E-state index contributed by atoms with van der Waals surface area (Å²) in [5.41, 5.74) is 12.1. The van der Waals surface area contributed by atoms with Crippen molar-refractivity contribution in [3.63, 3.8) is 0 Å². The van der Waals surface area contributed by atoms with Gasteiger partial charge in [-0.3, -0.25) is 4.79 Å². The van der Waals surface area contributed by atoms with Crippen LogP contribution in [0.25, 0.3) is 0 Å². The molecule has 1 spiro atoms. The Labute approximate surface area is 97.3 Å². The van der Waals surface area contributed by atoms with Gasteiger partial charge in [-0.05, 0) is 30.6 Å². The highest BCUT2D eigenvalue weighted by atomic mass is 16.2. The van der Waals surface area contributed by atoms with Crippen molar-refractivity contribution in [3.05, 3.63) is 0 Å². The van der Waals surface area contributed by atoms with Crippen molar-refractivity contribution < 1.29 is 4.79 Å². The highest BCUT2D eigenvalue weighted by Crippen LogP contribution is 2.47. The first-order valence-corrected chi connectivity index (χ1v) is 6.23. The molecular formula is C12H23N3O. The summed E-state index contributed by atoms with van der Waals surface area (Å²) in [6, 6.07) is 0.0118. The summed E-state index contributed by atoms with van der Waals surface area (Å²) in [6.45, 7) is 5.73. The van der Waals surface area contributed by atoms with Crippen molar-refractivity contribution in [2.45, 2.75) is 45.2 Å². The Morgan fingerprint density at radius 2 is 2.06 bits per heavy atom. The van der Waals surface area contributed by atoms with Crippen LogP contribution in [0.4, 0.5) is 0 Å². The number of hydrogen-bond donors (Lipinski definition) is 2. The second-order valence-electron chi connectivity index (χ2n) is 5.95. The molecule has 0 aromatic carbocycles. The van der Waals surface area contributed by atoms with E-state index < -0.39 is 0 Å². The van der Waals surface area contributed by atoms with Gasteiger partial charge in [0.2, 0.25) is 5.91 Å². The van der Waals surface area contributed by atoms with Gasteiger partial charge >= 0.3 is 0 Å². The average Bonchev–Trinajstić information content (AvgIpc) is 2.60. The minimum atomic E-state index is -0.344. The summed E-state index contributed by atoms with van der Waals surface area (Å²) in [5.74, 6) is 0.333. The van der Waals surface area contributed by atoms with Gasteiger partial charge in [0.15, 0.2) is 0 Å². The zero-order chi connectivity index (χ0) is 11.9. The van der Waals surface area contributed by atoms with Crippen LogP contribution in [0.3, 0.4) is 0 Å². The number of carbonyl (C=O) groups is 1. The standard InChI is InChI=1S/C12H23N3O/c1-8(2)10(14)11(16)15-4-3-12(7-15)5-9(13)6-12/h8-10H,3-7,13-14H2,1-2H3/t9?,10-,12?/m1/s1. The minimum Gasteiger partial charge on any atom is -0.341 e. The fourth-order valence-corrected chi connectivity index (χ4v) is 3.01. The maximum atomic E-state index is 12.1. The summed E-state index contributed by atoms with van der Waals surface area (Å²) in [5, 5.41) is 0. The van der Waals surface area contributed by atoms with Crippen LogP contribution in [-0.2, 0) is 4.79 Å². The van der Waals surface area contributed by atoms with Crippen molar-refractivity contribution >= 4 is 5.91 Å². The van der Waals surface area contributed by atoms with E-state index in [9.17, 15) is 4.79 Å². The van der Waals surface area contributed by atoms with Crippen LogP contribution in [-0.4, -0.2) is 36.0 Å². The van der Waals surface area contributed by atoms with Crippen LogP contribution < -0.4 is 11.5 Å². The van der Waals surface area contributed by atoms with Gasteiger partial charge in [-0.2, -0.15) is 0 Å². The molecule has 2 fully saturated rings. The lowest BCUT2D eigenvalue weighted by atomic mass is 9.65.